The second-order valence-electron chi connectivity index (χ2n) is 6.83. The second kappa shape index (κ2) is 7.95. The Morgan fingerprint density at radius 2 is 2.32 bits per heavy atom. The number of aliphatic carboxylic acids is 1. The Morgan fingerprint density at radius 1 is 1.57 bits per heavy atom. The maximum absolute atomic E-state index is 12.7. The number of carbonyl (C=O) groups is 3. The van der Waals surface area contributed by atoms with E-state index in [4.69, 9.17) is 10.6 Å². The van der Waals surface area contributed by atoms with Crippen LogP contribution in [0, 0.1) is 5.41 Å². The number of anilines is 1. The van der Waals surface area contributed by atoms with Crippen LogP contribution in [-0.4, -0.2) is 68.8 Å². The van der Waals surface area contributed by atoms with Crippen LogP contribution in [0.25, 0.3) is 0 Å². The molecule has 0 bridgehead atoms. The number of rotatable bonds is 7. The van der Waals surface area contributed by atoms with E-state index in [0.29, 0.717) is 18.8 Å². The number of β-lactam (4-membered cyclic amide) rings is 1. The van der Waals surface area contributed by atoms with Crippen LogP contribution >= 0.6 is 23.1 Å². The summed E-state index contributed by atoms with van der Waals surface area (Å²) in [6.07, 6.45) is 0.717. The third kappa shape index (κ3) is 3.78. The lowest BCUT2D eigenvalue weighted by atomic mass is 9.89. The number of thioether (sulfide) groups is 1. The third-order valence-electron chi connectivity index (χ3n) is 4.47. The van der Waals surface area contributed by atoms with Crippen molar-refractivity contribution >= 4 is 51.7 Å². The summed E-state index contributed by atoms with van der Waals surface area (Å²) in [5, 5.41) is 17.5. The van der Waals surface area contributed by atoms with E-state index in [1.807, 2.05) is 6.92 Å². The summed E-state index contributed by atoms with van der Waals surface area (Å²) in [6, 6.07) is -0.747. The van der Waals surface area contributed by atoms with Crippen molar-refractivity contribution in [2.24, 2.45) is 10.6 Å². The van der Waals surface area contributed by atoms with E-state index < -0.39 is 23.3 Å². The smallest absolute Gasteiger partial charge is 0.312 e. The third-order valence-corrected chi connectivity index (χ3v) is 6.81. The fourth-order valence-corrected chi connectivity index (χ4v) is 4.88. The van der Waals surface area contributed by atoms with Crippen LogP contribution in [0.15, 0.2) is 10.5 Å². The lowest BCUT2D eigenvalue weighted by molar-refractivity contribution is -0.157. The predicted octanol–water partition coefficient (Wildman–Crippen LogP) is 0.347. The van der Waals surface area contributed by atoms with Gasteiger partial charge in [0, 0.05) is 17.7 Å². The van der Waals surface area contributed by atoms with Gasteiger partial charge < -0.3 is 25.9 Å². The molecule has 2 aliphatic rings. The van der Waals surface area contributed by atoms with E-state index in [1.165, 1.54) is 16.7 Å². The Balaban J connectivity index is 1.70. The monoisotopic (exact) mass is 427 g/mol. The molecule has 0 saturated carbocycles. The van der Waals surface area contributed by atoms with Crippen molar-refractivity contribution in [3.05, 3.63) is 11.1 Å². The highest BCUT2D eigenvalue weighted by molar-refractivity contribution is 8.00. The first-order valence-corrected chi connectivity index (χ1v) is 10.6. The van der Waals surface area contributed by atoms with Crippen molar-refractivity contribution < 1.29 is 24.3 Å². The van der Waals surface area contributed by atoms with Gasteiger partial charge in [-0.2, -0.15) is 0 Å². The van der Waals surface area contributed by atoms with Gasteiger partial charge in [-0.25, -0.2) is 4.98 Å². The van der Waals surface area contributed by atoms with Gasteiger partial charge >= 0.3 is 5.97 Å². The predicted molar refractivity (Wildman–Crippen MR) is 105 cm³/mol. The summed E-state index contributed by atoms with van der Waals surface area (Å²) in [6.45, 7) is 3.97. The summed E-state index contributed by atoms with van der Waals surface area (Å²) >= 11 is 2.50. The van der Waals surface area contributed by atoms with Crippen LogP contribution < -0.4 is 11.1 Å². The average molecular weight is 428 g/mol. The number of nitrogens with two attached hydrogens (primary N) is 1. The van der Waals surface area contributed by atoms with Crippen molar-refractivity contribution in [2.45, 2.75) is 31.7 Å². The van der Waals surface area contributed by atoms with Crippen molar-refractivity contribution in [1.29, 1.82) is 0 Å². The molecule has 3 atom stereocenters. The molecule has 28 heavy (non-hydrogen) atoms. The molecular formula is C16H21N5O5S2. The van der Waals surface area contributed by atoms with E-state index in [0.717, 1.165) is 11.3 Å². The van der Waals surface area contributed by atoms with Crippen molar-refractivity contribution in [3.8, 4) is 0 Å². The maximum Gasteiger partial charge on any atom is 0.312 e. The number of carbonyl (C=O) groups excluding carboxylic acids is 2. The summed E-state index contributed by atoms with van der Waals surface area (Å²) in [5.41, 5.74) is 4.86. The second-order valence-corrected chi connectivity index (χ2v) is 8.82. The summed E-state index contributed by atoms with van der Waals surface area (Å²) in [5.74, 6) is -1.50. The number of carboxylic acid groups (broad SMARTS) is 1. The Bertz CT molecular complexity index is 828. The number of thiazole rings is 1. The zero-order valence-corrected chi connectivity index (χ0v) is 17.0. The SMILES string of the molecule is CCCON=C(C(=O)NC1C(=O)N2CC(C)(C(=O)O)CS[C@H]12)c1csc(N)n1. The molecule has 0 aromatic carbocycles. The van der Waals surface area contributed by atoms with E-state index >= 15 is 0 Å². The molecule has 12 heteroatoms. The van der Waals surface area contributed by atoms with Crippen LogP contribution in [0.3, 0.4) is 0 Å². The summed E-state index contributed by atoms with van der Waals surface area (Å²) < 4.78 is 0. The van der Waals surface area contributed by atoms with Crippen molar-refractivity contribution in [3.63, 3.8) is 0 Å². The van der Waals surface area contributed by atoms with Crippen LogP contribution in [0.4, 0.5) is 5.13 Å². The molecule has 0 spiro atoms. The number of amides is 2. The van der Waals surface area contributed by atoms with Gasteiger partial charge in [-0.15, -0.1) is 23.1 Å². The average Bonchev–Trinajstić information content (AvgIpc) is 3.09. The Kier molecular flexibility index (Phi) is 5.79. The Morgan fingerprint density at radius 3 is 2.93 bits per heavy atom. The molecule has 10 nitrogen and oxygen atoms in total. The number of hydrogen-bond donors (Lipinski definition) is 3. The number of hydrogen-bond acceptors (Lipinski definition) is 9. The fourth-order valence-electron chi connectivity index (χ4n) is 2.84. The number of aromatic nitrogens is 1. The minimum absolute atomic E-state index is 0.0520. The van der Waals surface area contributed by atoms with E-state index in [-0.39, 0.29) is 34.4 Å². The quantitative estimate of drug-likeness (QED) is 0.244. The van der Waals surface area contributed by atoms with Gasteiger partial charge in [-0.1, -0.05) is 12.1 Å². The Labute approximate surface area is 169 Å². The largest absolute Gasteiger partial charge is 0.481 e. The molecule has 0 aliphatic carbocycles. The lowest BCUT2D eigenvalue weighted by Crippen LogP contribution is -2.73. The lowest BCUT2D eigenvalue weighted by Gasteiger charge is -2.53. The zero-order valence-electron chi connectivity index (χ0n) is 15.4. The topological polar surface area (TPSA) is 147 Å². The molecular weight excluding hydrogens is 406 g/mol. The van der Waals surface area contributed by atoms with Gasteiger partial charge in [0.25, 0.3) is 5.91 Å². The number of fused-ring (bicyclic) bond motifs is 1. The maximum atomic E-state index is 12.7. The summed E-state index contributed by atoms with van der Waals surface area (Å²) in [7, 11) is 0. The molecule has 2 amide bonds. The van der Waals surface area contributed by atoms with Gasteiger partial charge in [0.05, 0.1) is 5.41 Å². The highest BCUT2D eigenvalue weighted by Gasteiger charge is 2.56. The molecule has 0 radical (unpaired) electrons. The molecule has 1 aromatic heterocycles. The van der Waals surface area contributed by atoms with E-state index in [2.05, 4.69) is 15.5 Å². The van der Waals surface area contributed by atoms with E-state index in [9.17, 15) is 19.5 Å². The van der Waals surface area contributed by atoms with Gasteiger partial charge in [-0.05, 0) is 13.3 Å². The first-order valence-electron chi connectivity index (χ1n) is 8.64. The number of carboxylic acids is 1. The molecule has 3 rings (SSSR count). The van der Waals surface area contributed by atoms with Crippen LogP contribution in [0.5, 0.6) is 0 Å². The minimum atomic E-state index is -0.995. The molecule has 2 aliphatic heterocycles. The molecule has 4 N–H and O–H groups in total. The zero-order chi connectivity index (χ0) is 20.5. The van der Waals surface area contributed by atoms with Crippen LogP contribution in [0.2, 0.25) is 0 Å². The normalized spacial score (nSPS) is 27.0. The first kappa shape index (κ1) is 20.4. The molecule has 2 fully saturated rings. The van der Waals surface area contributed by atoms with Gasteiger partial charge in [-0.3, -0.25) is 14.4 Å². The number of nitrogen functional groups attached to an aromatic ring is 1. The molecule has 3 heterocycles. The molecule has 2 unspecified atom stereocenters. The van der Waals surface area contributed by atoms with E-state index in [1.54, 1.807) is 12.3 Å². The summed E-state index contributed by atoms with van der Waals surface area (Å²) in [4.78, 5) is 47.3. The first-order chi connectivity index (χ1) is 13.3. The molecule has 2 saturated heterocycles. The number of nitrogens with zero attached hydrogens (tertiary/aromatic N) is 3. The van der Waals surface area contributed by atoms with Crippen molar-refractivity contribution in [2.75, 3.05) is 24.6 Å². The number of nitrogens with one attached hydrogen (secondary N) is 1. The fraction of sp³-hybridized carbons (Fsp3) is 0.562. The standard InChI is InChI=1S/C16H21N5O5S2/c1-3-4-26-20-9(8-5-27-15(17)18-8)11(22)19-10-12(23)21-6-16(2,14(24)25)7-28-13(10)21/h5,10,13H,3-4,6-7H2,1-2H3,(H2,17,18)(H,19,22)(H,24,25)/t10?,13-,16?/m1/s1. The minimum Gasteiger partial charge on any atom is -0.481 e. The highest BCUT2D eigenvalue weighted by atomic mass is 32.2. The number of oxime groups is 1. The van der Waals surface area contributed by atoms with Gasteiger partial charge in [0.1, 0.15) is 23.7 Å². The molecule has 1 aromatic rings. The van der Waals surface area contributed by atoms with Gasteiger partial charge in [0.15, 0.2) is 10.8 Å². The highest BCUT2D eigenvalue weighted by Crippen LogP contribution is 2.41. The Hall–Kier alpha value is -2.34. The van der Waals surface area contributed by atoms with Crippen molar-refractivity contribution in [1.82, 2.24) is 15.2 Å². The molecule has 152 valence electrons. The van der Waals surface area contributed by atoms with Crippen LogP contribution in [0.1, 0.15) is 26.0 Å². The van der Waals surface area contributed by atoms with Crippen LogP contribution in [-0.2, 0) is 19.2 Å². The van der Waals surface area contributed by atoms with Gasteiger partial charge in [0.2, 0.25) is 5.91 Å².